The largest absolute Gasteiger partial charge is 0.462 e. The Morgan fingerprint density at radius 2 is 2.06 bits per heavy atom. The van der Waals surface area contributed by atoms with Crippen LogP contribution in [0.1, 0.15) is 40.0 Å². The molecule has 35 heavy (non-hydrogen) atoms. The summed E-state index contributed by atoms with van der Waals surface area (Å²) in [6, 6.07) is 2.14. The molecule has 3 aliphatic rings. The van der Waals surface area contributed by atoms with Crippen molar-refractivity contribution >= 4 is 50.3 Å². The smallest absolute Gasteiger partial charge is 0.410 e. The molecule has 3 aliphatic heterocycles. The molecule has 11 heteroatoms. The maximum atomic E-state index is 15.2. The second kappa shape index (κ2) is 9.19. The second-order valence-electron chi connectivity index (χ2n) is 10.6. The molecule has 3 saturated heterocycles. The highest BCUT2D eigenvalue weighted by atomic mass is 79.9. The third kappa shape index (κ3) is 4.76. The zero-order chi connectivity index (χ0) is 25.1. The summed E-state index contributed by atoms with van der Waals surface area (Å²) in [6.45, 7) is 8.13. The van der Waals surface area contributed by atoms with Crippen LogP contribution in [-0.4, -0.2) is 82.9 Å². The Bertz CT molecular complexity index is 1160. The molecule has 2 aromatic rings. The van der Waals surface area contributed by atoms with Gasteiger partial charge >= 0.3 is 12.1 Å². The van der Waals surface area contributed by atoms with E-state index in [0.29, 0.717) is 30.9 Å². The summed E-state index contributed by atoms with van der Waals surface area (Å²) in [5, 5.41) is 0.776. The van der Waals surface area contributed by atoms with Crippen LogP contribution in [-0.2, 0) is 4.74 Å². The zero-order valence-electron chi connectivity index (χ0n) is 20.4. The van der Waals surface area contributed by atoms with Gasteiger partial charge in [0.1, 0.15) is 23.5 Å². The number of hydrogen-bond donors (Lipinski definition) is 0. The quantitative estimate of drug-likeness (QED) is 0.487. The first kappa shape index (κ1) is 24.8. The van der Waals surface area contributed by atoms with E-state index in [-0.39, 0.29) is 45.2 Å². The summed E-state index contributed by atoms with van der Waals surface area (Å²) in [4.78, 5) is 28.0. The van der Waals surface area contributed by atoms with E-state index in [1.165, 1.54) is 0 Å². The molecule has 1 aromatic heterocycles. The molecule has 3 atom stereocenters. The molecule has 2 unspecified atom stereocenters. The summed E-state index contributed by atoms with van der Waals surface area (Å²) in [6.07, 6.45) is 2.66. The first-order chi connectivity index (χ1) is 16.5. The van der Waals surface area contributed by atoms with Crippen molar-refractivity contribution in [2.24, 2.45) is 0 Å². The first-order valence-electron chi connectivity index (χ1n) is 12.0. The van der Waals surface area contributed by atoms with Gasteiger partial charge in [0, 0.05) is 24.5 Å². The molecule has 0 aliphatic carbocycles. The summed E-state index contributed by atoms with van der Waals surface area (Å²) >= 11 is 9.54. The van der Waals surface area contributed by atoms with Crippen LogP contribution in [0.3, 0.4) is 0 Å². The molecular weight excluding hydrogens is 541 g/mol. The van der Waals surface area contributed by atoms with Crippen molar-refractivity contribution in [3.63, 3.8) is 0 Å². The third-order valence-electron chi connectivity index (χ3n) is 7.00. The number of nitrogens with zero attached hydrogens (tertiary/aromatic N) is 5. The van der Waals surface area contributed by atoms with Crippen LogP contribution in [0.5, 0.6) is 6.01 Å². The number of anilines is 1. The highest BCUT2D eigenvalue weighted by Gasteiger charge is 2.47. The number of carbonyl (C=O) groups excluding carboxylic acids is 1. The van der Waals surface area contributed by atoms with Crippen LogP contribution in [0.15, 0.2) is 10.5 Å². The van der Waals surface area contributed by atoms with Gasteiger partial charge in [-0.05, 0) is 75.6 Å². The van der Waals surface area contributed by atoms with E-state index >= 15 is 4.39 Å². The molecular formula is C24H30BrClFN5O3. The highest BCUT2D eigenvalue weighted by Crippen LogP contribution is 2.41. The van der Waals surface area contributed by atoms with Gasteiger partial charge in [-0.3, -0.25) is 0 Å². The number of amides is 1. The Hall–Kier alpha value is -1.91. The lowest BCUT2D eigenvalue weighted by Gasteiger charge is -2.36. The lowest BCUT2D eigenvalue weighted by Crippen LogP contribution is -2.50. The molecule has 0 radical (unpaired) electrons. The van der Waals surface area contributed by atoms with E-state index in [1.54, 1.807) is 11.0 Å². The van der Waals surface area contributed by atoms with E-state index < -0.39 is 11.4 Å². The molecule has 0 spiro atoms. The van der Waals surface area contributed by atoms with Crippen LogP contribution in [0.4, 0.5) is 15.0 Å². The number of halogens is 3. The summed E-state index contributed by atoms with van der Waals surface area (Å²) in [5.74, 6) is 0.0353. The average molecular weight is 571 g/mol. The predicted molar refractivity (Wildman–Crippen MR) is 136 cm³/mol. The maximum Gasteiger partial charge on any atom is 0.410 e. The Balaban J connectivity index is 1.45. The number of piperazine rings is 1. The summed E-state index contributed by atoms with van der Waals surface area (Å²) < 4.78 is 27.0. The minimum atomic E-state index is -0.553. The number of aromatic nitrogens is 2. The van der Waals surface area contributed by atoms with E-state index in [1.807, 2.05) is 20.8 Å². The Kier molecular flexibility index (Phi) is 6.51. The van der Waals surface area contributed by atoms with Crippen molar-refractivity contribution in [3.8, 4) is 6.01 Å². The number of rotatable bonds is 4. The van der Waals surface area contributed by atoms with Gasteiger partial charge in [-0.2, -0.15) is 9.97 Å². The van der Waals surface area contributed by atoms with Crippen LogP contribution in [0, 0.1) is 5.82 Å². The monoisotopic (exact) mass is 569 g/mol. The van der Waals surface area contributed by atoms with Crippen molar-refractivity contribution in [1.82, 2.24) is 19.8 Å². The maximum absolute atomic E-state index is 15.2. The van der Waals surface area contributed by atoms with Gasteiger partial charge in [0.2, 0.25) is 0 Å². The zero-order valence-corrected chi connectivity index (χ0v) is 22.7. The summed E-state index contributed by atoms with van der Waals surface area (Å²) in [5.41, 5.74) is -0.393. The predicted octanol–water partition coefficient (Wildman–Crippen LogP) is 4.86. The van der Waals surface area contributed by atoms with Crippen molar-refractivity contribution in [2.75, 3.05) is 38.2 Å². The molecule has 0 saturated carbocycles. The molecule has 1 aromatic carbocycles. The number of fused-ring (bicyclic) bond motifs is 3. The normalized spacial score (nSPS) is 24.6. The van der Waals surface area contributed by atoms with Crippen molar-refractivity contribution in [1.29, 1.82) is 0 Å². The van der Waals surface area contributed by atoms with Crippen molar-refractivity contribution in [2.45, 2.75) is 63.8 Å². The number of benzene rings is 1. The SMILES string of the molecule is CN1CCC[C@H]1COc1nc(N2CC3CC2CN3C(=O)OC(C)(C)C)c2cc(Cl)c(Br)c(F)c2n1. The molecule has 0 N–H and O–H groups in total. The van der Waals surface area contributed by atoms with Gasteiger partial charge in [0.15, 0.2) is 5.82 Å². The van der Waals surface area contributed by atoms with Crippen molar-refractivity contribution in [3.05, 3.63) is 21.4 Å². The van der Waals surface area contributed by atoms with Crippen LogP contribution in [0.25, 0.3) is 10.9 Å². The first-order valence-corrected chi connectivity index (χ1v) is 13.1. The molecule has 190 valence electrons. The Morgan fingerprint density at radius 1 is 1.29 bits per heavy atom. The molecule has 3 fully saturated rings. The minimum Gasteiger partial charge on any atom is -0.462 e. The topological polar surface area (TPSA) is 71.0 Å². The summed E-state index contributed by atoms with van der Waals surface area (Å²) in [7, 11) is 2.07. The lowest BCUT2D eigenvalue weighted by atomic mass is 10.2. The van der Waals surface area contributed by atoms with Gasteiger partial charge in [0.05, 0.1) is 21.6 Å². The molecule has 8 nitrogen and oxygen atoms in total. The van der Waals surface area contributed by atoms with Crippen LogP contribution in [0.2, 0.25) is 5.02 Å². The fourth-order valence-corrected chi connectivity index (χ4v) is 5.75. The molecule has 4 heterocycles. The number of hydrogen-bond acceptors (Lipinski definition) is 7. The fraction of sp³-hybridized carbons (Fsp3) is 0.625. The van der Waals surface area contributed by atoms with Crippen molar-refractivity contribution < 1.29 is 18.7 Å². The van der Waals surface area contributed by atoms with Gasteiger partial charge in [-0.25, -0.2) is 9.18 Å². The van der Waals surface area contributed by atoms with E-state index in [4.69, 9.17) is 26.1 Å². The minimum absolute atomic E-state index is 0.00728. The average Bonchev–Trinajstić information content (AvgIpc) is 3.50. The van der Waals surface area contributed by atoms with Crippen LogP contribution < -0.4 is 9.64 Å². The third-order valence-corrected chi connectivity index (χ3v) is 8.30. The van der Waals surface area contributed by atoms with Gasteiger partial charge < -0.3 is 24.2 Å². The van der Waals surface area contributed by atoms with Gasteiger partial charge in [-0.1, -0.05) is 11.6 Å². The van der Waals surface area contributed by atoms with Gasteiger partial charge in [0.25, 0.3) is 0 Å². The molecule has 2 bridgehead atoms. The van der Waals surface area contributed by atoms with E-state index in [2.05, 4.69) is 37.8 Å². The number of ether oxygens (including phenoxy) is 2. The fourth-order valence-electron chi connectivity index (χ4n) is 5.25. The molecule has 1 amide bonds. The van der Waals surface area contributed by atoms with Gasteiger partial charge in [-0.15, -0.1) is 0 Å². The standard InChI is InChI=1S/C24H30BrClFN5O3/c1-24(2,3)35-23(33)32-11-14-8-15(32)10-31(14)21-16-9-17(26)18(25)19(27)20(16)28-22(29-21)34-12-13-6-5-7-30(13)4/h9,13-15H,5-8,10-12H2,1-4H3/t13-,14?,15?/m0/s1. The number of likely N-dealkylation sites (N-methyl/N-ethyl adjacent to an activating group) is 1. The van der Waals surface area contributed by atoms with E-state index in [9.17, 15) is 4.79 Å². The van der Waals surface area contributed by atoms with Crippen LogP contribution >= 0.6 is 27.5 Å². The van der Waals surface area contributed by atoms with E-state index in [0.717, 1.165) is 25.8 Å². The number of likely N-dealkylation sites (tertiary alicyclic amines) is 2. The highest BCUT2D eigenvalue weighted by molar-refractivity contribution is 9.10. The Labute approximate surface area is 217 Å². The lowest BCUT2D eigenvalue weighted by molar-refractivity contribution is 0.0214. The second-order valence-corrected chi connectivity index (χ2v) is 11.8. The number of carbonyl (C=O) groups is 1. The Morgan fingerprint density at radius 3 is 2.69 bits per heavy atom. The molecule has 5 rings (SSSR count).